The van der Waals surface area contributed by atoms with Crippen LogP contribution in [0.15, 0.2) is 296 Å². The first-order chi connectivity index (χ1) is 55.5. The SMILES string of the molecule is CCCC1(CCC)c2ccc(-c3[c-]c(-c4ccccn4)ccc3)nc2-c2c([Se])cccc21.CCCn1c2ccc(-c3[c-]c(-c4ccccn4)ccc3)nc2c2c([Se])cccc21.[Ni].[Ni].[Ni].[Ni].[Se]c1cccc2oc3ccc(-c4[c-]c(-c5ccccn5)ccc4)nc3c12.[Se]c1cccc2sc3ccc(-c4[c-]c(-c5ccccn5)ccc4)nc3c12. The Bertz CT molecular complexity index is 6510. The van der Waals surface area contributed by atoms with E-state index in [2.05, 4.69) is 249 Å². The first kappa shape index (κ1) is 85.7. The van der Waals surface area contributed by atoms with Gasteiger partial charge in [-0.2, -0.15) is 0 Å². The Morgan fingerprint density at radius 1 is 0.325 bits per heavy atom. The summed E-state index contributed by atoms with van der Waals surface area (Å²) in [6.45, 7) is 7.76. The molecule has 0 unspecified atom stereocenters. The number of aryl methyl sites for hydroxylation is 1. The minimum atomic E-state index is 0. The number of thiophene rings is 1. The molecule has 0 spiro atoms. The van der Waals surface area contributed by atoms with Crippen LogP contribution in [-0.4, -0.2) is 108 Å². The van der Waals surface area contributed by atoms with Crippen LogP contribution in [0.3, 0.4) is 0 Å². The van der Waals surface area contributed by atoms with Crippen molar-refractivity contribution in [2.75, 3.05) is 0 Å². The quantitative estimate of drug-likeness (QED) is 0.0774. The third kappa shape index (κ3) is 17.7. The van der Waals surface area contributed by atoms with Gasteiger partial charge in [0.1, 0.15) is 0 Å². The Labute approximate surface area is 757 Å². The zero-order valence-corrected chi connectivity index (χ0v) is 74.8. The van der Waals surface area contributed by atoms with Crippen molar-refractivity contribution >= 4 is 158 Å². The molecule has 8 aromatic carbocycles. The van der Waals surface area contributed by atoms with Crippen molar-refractivity contribution in [3.63, 3.8) is 0 Å². The van der Waals surface area contributed by atoms with E-state index in [0.29, 0.717) is 0 Å². The van der Waals surface area contributed by atoms with Crippen LogP contribution in [0, 0.1) is 24.3 Å². The van der Waals surface area contributed by atoms with E-state index < -0.39 is 0 Å². The molecule has 0 fully saturated rings. The van der Waals surface area contributed by atoms with E-state index in [1.54, 1.807) is 23.7 Å². The van der Waals surface area contributed by atoms with E-state index in [1.165, 1.54) is 52.4 Å². The molecule has 0 bridgehead atoms. The van der Waals surface area contributed by atoms with E-state index in [9.17, 15) is 0 Å². The van der Waals surface area contributed by atoms with Crippen molar-refractivity contribution in [3.8, 4) is 101 Å². The fourth-order valence-electron chi connectivity index (χ4n) is 15.4. The number of hydrogen-bond acceptors (Lipinski definition) is 10. The van der Waals surface area contributed by atoms with Crippen molar-refractivity contribution in [2.24, 2.45) is 0 Å². The van der Waals surface area contributed by atoms with E-state index in [4.69, 9.17) is 24.4 Å². The summed E-state index contributed by atoms with van der Waals surface area (Å²) in [6, 6.07) is 104. The van der Waals surface area contributed by atoms with Gasteiger partial charge in [-0.3, -0.25) is 0 Å². The first-order valence-corrected chi connectivity index (χ1v) is 41.9. The molecule has 4 radical (unpaired) electrons. The Hall–Kier alpha value is -9.17. The third-order valence-corrected chi connectivity index (χ3v) is 24.3. The zero-order chi connectivity index (χ0) is 76.9. The van der Waals surface area contributed by atoms with E-state index in [0.717, 1.165) is 181 Å². The van der Waals surface area contributed by atoms with E-state index in [1.807, 2.05) is 164 Å². The molecule has 10 nitrogen and oxygen atoms in total. The second-order valence-electron chi connectivity index (χ2n) is 27.5. The zero-order valence-electron chi connectivity index (χ0n) is 63.2. The van der Waals surface area contributed by atoms with Crippen LogP contribution >= 0.6 is 11.3 Å². The number of hydrogen-bond donors (Lipinski definition) is 0. The van der Waals surface area contributed by atoms with Gasteiger partial charge < -0.3 is 0 Å². The Balaban J connectivity index is 0.000000134. The topological polar surface area (TPSA) is 121 Å². The van der Waals surface area contributed by atoms with Crippen LogP contribution in [0.25, 0.3) is 166 Å². The average Bonchev–Trinajstić information content (AvgIpc) is 1.54. The van der Waals surface area contributed by atoms with Gasteiger partial charge in [-0.1, -0.05) is 0 Å². The number of furan rings is 1. The van der Waals surface area contributed by atoms with E-state index >= 15 is 0 Å². The number of rotatable bonds is 14. The standard InChI is InChI=1S/C29H26N2Se.C25H19N3Se.C22H12N2OSe.C22H12N2SSe.4Ni/c1-3-16-29(17-4-2)22-11-8-13-26(32)27(22)28-23(29)14-15-25(31-28)21-10-7-9-20(19-21)24-12-5-6-18-30-24;1-2-15-28-21-10-6-11-23(29)24(21)25-22(28)13-12-20(27-25)18-8-5-7-17(16-18)19-9-3-4-14-26-19;2*26-20-9-4-8-18-21(20)22-19(25-18)11-10-17(24-22)15-6-3-5-14(13-15)16-7-1-2-12-23-16;;;;/h5-15,18H,3-4,16-17H2,1-2H3;3-14H,2,15H2,1H3;2*1-12H;;;;/q4*-1;;;;. The van der Waals surface area contributed by atoms with Gasteiger partial charge in [0, 0.05) is 66.0 Å². The summed E-state index contributed by atoms with van der Waals surface area (Å²) in [5.74, 6) is 0. The van der Waals surface area contributed by atoms with Crippen LogP contribution in [-0.2, 0) is 77.9 Å². The summed E-state index contributed by atoms with van der Waals surface area (Å²) < 4.78 is 15.3. The van der Waals surface area contributed by atoms with Gasteiger partial charge in [0.05, 0.1) is 0 Å². The van der Waals surface area contributed by atoms with Crippen molar-refractivity contribution in [1.29, 1.82) is 0 Å². The predicted octanol–water partition coefficient (Wildman–Crippen LogP) is 20.3. The predicted molar refractivity (Wildman–Crippen MR) is 468 cm³/mol. The minimum absolute atomic E-state index is 0. The fraction of sp³-hybridized carbons (Fsp3) is 0.102. The number of aromatic nitrogens is 9. The third-order valence-electron chi connectivity index (χ3n) is 20.3. The molecule has 0 N–H and O–H groups in total. The van der Waals surface area contributed by atoms with Gasteiger partial charge in [0.2, 0.25) is 0 Å². The normalized spacial score (nSPS) is 11.5. The van der Waals surface area contributed by atoms with Crippen LogP contribution in [0.5, 0.6) is 0 Å². The Morgan fingerprint density at radius 3 is 1.25 bits per heavy atom. The summed E-state index contributed by atoms with van der Waals surface area (Å²) in [5, 5.41) is 3.42. The summed E-state index contributed by atoms with van der Waals surface area (Å²) in [6.07, 6.45) is 12.9. The molecule has 11 heterocycles. The first-order valence-electron chi connectivity index (χ1n) is 37.7. The summed E-state index contributed by atoms with van der Waals surface area (Å²) >= 11 is 14.5. The molecule has 0 aliphatic heterocycles. The van der Waals surface area contributed by atoms with Gasteiger partial charge in [-0.05, 0) is 0 Å². The van der Waals surface area contributed by atoms with Gasteiger partial charge in [0.25, 0.3) is 0 Å². The van der Waals surface area contributed by atoms with Crippen LogP contribution < -0.4 is 17.8 Å². The number of benzene rings is 8. The van der Waals surface area contributed by atoms with Crippen LogP contribution in [0.2, 0.25) is 0 Å². The summed E-state index contributed by atoms with van der Waals surface area (Å²) in [4.78, 5) is 37.9. The van der Waals surface area contributed by atoms with Crippen molar-refractivity contribution < 1.29 is 70.4 Å². The van der Waals surface area contributed by atoms with Crippen LogP contribution in [0.4, 0.5) is 0 Å². The van der Waals surface area contributed by atoms with Gasteiger partial charge in [0.15, 0.2) is 0 Å². The molecule has 0 saturated carbocycles. The molecule has 586 valence electrons. The Kier molecular flexibility index (Phi) is 28.4. The fourth-order valence-corrected chi connectivity index (χ4v) is 19.0. The van der Waals surface area contributed by atoms with Gasteiger partial charge in [-0.15, -0.1) is 0 Å². The van der Waals surface area contributed by atoms with Gasteiger partial charge in [-0.25, -0.2) is 0 Å². The number of pyridine rings is 8. The van der Waals surface area contributed by atoms with Crippen molar-refractivity contribution in [3.05, 3.63) is 327 Å². The molecule has 117 heavy (non-hydrogen) atoms. The average molecular weight is 1970 g/mol. The van der Waals surface area contributed by atoms with Crippen molar-refractivity contribution in [1.82, 2.24) is 44.4 Å². The molecular formula is C98H69N9Ni4OSSe4-4. The molecule has 20 rings (SSSR count). The molecule has 0 saturated heterocycles. The van der Waals surface area contributed by atoms with E-state index in [-0.39, 0.29) is 71.4 Å². The van der Waals surface area contributed by atoms with Gasteiger partial charge >= 0.3 is 700 Å². The Morgan fingerprint density at radius 2 is 0.744 bits per heavy atom. The molecular weight excluding hydrogens is 1900 g/mol. The second kappa shape index (κ2) is 38.7. The maximum atomic E-state index is 5.91. The van der Waals surface area contributed by atoms with Crippen LogP contribution in [0.1, 0.15) is 64.0 Å². The molecule has 0 amide bonds. The summed E-state index contributed by atoms with van der Waals surface area (Å²) in [7, 11) is 0. The maximum absolute atomic E-state index is 5.91. The number of nitrogens with zero attached hydrogens (tertiary/aromatic N) is 9. The molecule has 1 aliphatic carbocycles. The second-order valence-corrected chi connectivity index (χ2v) is 32.3. The molecule has 11 aromatic heterocycles. The molecule has 19 aromatic rings. The molecule has 19 heteroatoms. The summed E-state index contributed by atoms with van der Waals surface area (Å²) in [5.41, 5.74) is 27.4. The van der Waals surface area contributed by atoms with Crippen molar-refractivity contribution in [2.45, 2.75) is 64.8 Å². The number of fused-ring (bicyclic) bond motifs is 12. The molecule has 0 atom stereocenters. The molecule has 1 aliphatic rings. The monoisotopic (exact) mass is 1970 g/mol.